The van der Waals surface area contributed by atoms with Gasteiger partial charge in [0.05, 0.1) is 17.6 Å². The molecule has 1 aromatic rings. The van der Waals surface area contributed by atoms with Gasteiger partial charge in [0, 0.05) is 19.2 Å². The van der Waals surface area contributed by atoms with Gasteiger partial charge in [-0.15, -0.1) is 0 Å². The van der Waals surface area contributed by atoms with Crippen LogP contribution in [0.2, 0.25) is 0 Å². The number of rotatable bonds is 14. The number of hydrogen-bond donors (Lipinski definition) is 2. The summed E-state index contributed by atoms with van der Waals surface area (Å²) in [7, 11) is -3.78. The van der Waals surface area contributed by atoms with Gasteiger partial charge in [0.2, 0.25) is 10.0 Å². The average molecular weight is 463 g/mol. The lowest BCUT2D eigenvalue weighted by Gasteiger charge is -2.29. The van der Waals surface area contributed by atoms with Crippen LogP contribution in [0, 0.1) is 0 Å². The molecule has 0 bridgehead atoms. The smallest absolute Gasteiger partial charge is 0.240 e. The Bertz CT molecular complexity index is 756. The molecule has 1 aromatic carbocycles. The van der Waals surface area contributed by atoms with Gasteiger partial charge in [0.15, 0.2) is 0 Å². The van der Waals surface area contributed by atoms with Crippen LogP contribution in [0.4, 0.5) is 8.78 Å². The number of nitrogens with zero attached hydrogens (tertiary/aromatic N) is 1. The number of hydrogen-bond acceptors (Lipinski definition) is 5. The van der Waals surface area contributed by atoms with Crippen LogP contribution >= 0.6 is 0 Å². The Hall–Kier alpha value is -1.13. The minimum absolute atomic E-state index is 0.0296. The zero-order chi connectivity index (χ0) is 22.7. The van der Waals surface area contributed by atoms with Crippen molar-refractivity contribution in [2.75, 3.05) is 32.8 Å². The quantitative estimate of drug-likeness (QED) is 0.415. The van der Waals surface area contributed by atoms with E-state index in [1.54, 1.807) is 0 Å². The van der Waals surface area contributed by atoms with E-state index in [1.165, 1.54) is 18.2 Å². The summed E-state index contributed by atoms with van der Waals surface area (Å²) in [5.41, 5.74) is 0.246. The predicted octanol–water partition coefficient (Wildman–Crippen LogP) is 3.33. The summed E-state index contributed by atoms with van der Waals surface area (Å²) in [5, 5.41) is 9.00. The Morgan fingerprint density at radius 3 is 2.42 bits per heavy atom. The topological polar surface area (TPSA) is 78.9 Å². The standard InChI is InChI=1S/C22H36F2N2O4S/c1-2-26(12-13-27)11-3-4-14-30-21-8-6-20(7-9-21)25-31(28,29)22-10-5-18(16-23)19(15-22)17-24/h5,10,15,20-21,25,27H,2-4,6-9,11-14,16-17H2,1H3. The molecule has 31 heavy (non-hydrogen) atoms. The molecule has 0 aliphatic heterocycles. The van der Waals surface area contributed by atoms with Gasteiger partial charge in [0.25, 0.3) is 0 Å². The minimum Gasteiger partial charge on any atom is -0.395 e. The molecule has 2 N–H and O–H groups in total. The number of nitrogens with one attached hydrogen (secondary N) is 1. The largest absolute Gasteiger partial charge is 0.395 e. The molecule has 9 heteroatoms. The number of likely N-dealkylation sites (N-methyl/N-ethyl adjacent to an activating group) is 1. The van der Waals surface area contributed by atoms with Crippen molar-refractivity contribution < 1.29 is 27.0 Å². The van der Waals surface area contributed by atoms with Crippen molar-refractivity contribution in [1.82, 2.24) is 9.62 Å². The van der Waals surface area contributed by atoms with E-state index < -0.39 is 23.4 Å². The molecule has 1 saturated carbocycles. The van der Waals surface area contributed by atoms with Gasteiger partial charge < -0.3 is 14.7 Å². The molecular weight excluding hydrogens is 426 g/mol. The van der Waals surface area contributed by atoms with E-state index >= 15 is 0 Å². The lowest BCUT2D eigenvalue weighted by molar-refractivity contribution is 0.0212. The van der Waals surface area contributed by atoms with Crippen molar-refractivity contribution in [3.63, 3.8) is 0 Å². The maximum absolute atomic E-state index is 13.1. The molecule has 0 spiro atoms. The summed E-state index contributed by atoms with van der Waals surface area (Å²) in [4.78, 5) is 2.18. The van der Waals surface area contributed by atoms with Crippen molar-refractivity contribution in [3.05, 3.63) is 29.3 Å². The van der Waals surface area contributed by atoms with Crippen LogP contribution < -0.4 is 4.72 Å². The molecule has 1 aliphatic rings. The van der Waals surface area contributed by atoms with Crippen LogP contribution in [0.5, 0.6) is 0 Å². The number of unbranched alkanes of at least 4 members (excludes halogenated alkanes) is 1. The van der Waals surface area contributed by atoms with Gasteiger partial charge >= 0.3 is 0 Å². The molecule has 178 valence electrons. The third kappa shape index (κ3) is 8.38. The van der Waals surface area contributed by atoms with Crippen molar-refractivity contribution >= 4 is 10.0 Å². The number of ether oxygens (including phenoxy) is 1. The van der Waals surface area contributed by atoms with Crippen LogP contribution in [0.1, 0.15) is 56.6 Å². The van der Waals surface area contributed by atoms with Crippen molar-refractivity contribution in [1.29, 1.82) is 0 Å². The van der Waals surface area contributed by atoms with Gasteiger partial charge in [-0.1, -0.05) is 13.0 Å². The summed E-state index contributed by atoms with van der Waals surface area (Å²) < 4.78 is 59.9. The first-order valence-electron chi connectivity index (χ1n) is 11.1. The third-order valence-electron chi connectivity index (χ3n) is 5.86. The molecule has 0 amide bonds. The highest BCUT2D eigenvalue weighted by molar-refractivity contribution is 7.89. The number of sulfonamides is 1. The molecule has 0 aromatic heterocycles. The van der Waals surface area contributed by atoms with Crippen molar-refractivity contribution in [3.8, 4) is 0 Å². The molecule has 6 nitrogen and oxygen atoms in total. The first-order chi connectivity index (χ1) is 14.9. The van der Waals surface area contributed by atoms with E-state index in [2.05, 4.69) is 16.5 Å². The number of aliphatic hydroxyl groups excluding tert-OH is 1. The van der Waals surface area contributed by atoms with E-state index in [0.29, 0.717) is 26.0 Å². The summed E-state index contributed by atoms with van der Waals surface area (Å²) >= 11 is 0. The molecule has 0 heterocycles. The molecular formula is C22H36F2N2O4S. The van der Waals surface area contributed by atoms with Crippen LogP contribution in [0.3, 0.4) is 0 Å². The Morgan fingerprint density at radius 2 is 1.81 bits per heavy atom. The van der Waals surface area contributed by atoms with E-state index in [-0.39, 0.29) is 34.8 Å². The number of benzene rings is 1. The van der Waals surface area contributed by atoms with Crippen LogP contribution in [0.15, 0.2) is 23.1 Å². The van der Waals surface area contributed by atoms with Crippen LogP contribution in [0.25, 0.3) is 0 Å². The normalized spacial score (nSPS) is 19.8. The number of halogens is 2. The molecule has 0 radical (unpaired) electrons. The monoisotopic (exact) mass is 462 g/mol. The fraction of sp³-hybridized carbons (Fsp3) is 0.727. The lowest BCUT2D eigenvalue weighted by atomic mass is 9.94. The molecule has 0 atom stereocenters. The van der Waals surface area contributed by atoms with Crippen molar-refractivity contribution in [2.24, 2.45) is 0 Å². The zero-order valence-electron chi connectivity index (χ0n) is 18.4. The van der Waals surface area contributed by atoms with Crippen LogP contribution in [-0.2, 0) is 28.1 Å². The van der Waals surface area contributed by atoms with Gasteiger partial charge in [-0.25, -0.2) is 21.9 Å². The lowest BCUT2D eigenvalue weighted by Crippen LogP contribution is -2.39. The van der Waals surface area contributed by atoms with Gasteiger partial charge in [-0.2, -0.15) is 0 Å². The number of aliphatic hydroxyl groups is 1. The summed E-state index contributed by atoms with van der Waals surface area (Å²) in [6, 6.07) is 3.69. The highest BCUT2D eigenvalue weighted by atomic mass is 32.2. The fourth-order valence-corrected chi connectivity index (χ4v) is 5.27. The average Bonchev–Trinajstić information content (AvgIpc) is 2.78. The van der Waals surface area contributed by atoms with Crippen molar-refractivity contribution in [2.45, 2.75) is 75.8 Å². The van der Waals surface area contributed by atoms with E-state index in [4.69, 9.17) is 9.84 Å². The predicted molar refractivity (Wildman–Crippen MR) is 117 cm³/mol. The first-order valence-corrected chi connectivity index (χ1v) is 12.6. The number of alkyl halides is 2. The second-order valence-corrected chi connectivity index (χ2v) is 9.74. The Labute approximate surface area is 185 Å². The van der Waals surface area contributed by atoms with E-state index in [1.807, 2.05) is 0 Å². The maximum atomic E-state index is 13.1. The SMILES string of the molecule is CCN(CCO)CCCCOC1CCC(NS(=O)(=O)c2ccc(CF)c(CF)c2)CC1. The fourth-order valence-electron chi connectivity index (χ4n) is 3.92. The third-order valence-corrected chi connectivity index (χ3v) is 7.38. The molecule has 1 fully saturated rings. The Morgan fingerprint density at radius 1 is 1.10 bits per heavy atom. The summed E-state index contributed by atoms with van der Waals surface area (Å²) in [5.74, 6) is 0. The van der Waals surface area contributed by atoms with Gasteiger partial charge in [-0.3, -0.25) is 0 Å². The second-order valence-electron chi connectivity index (χ2n) is 8.03. The highest BCUT2D eigenvalue weighted by Gasteiger charge is 2.26. The molecule has 1 aliphatic carbocycles. The zero-order valence-corrected chi connectivity index (χ0v) is 19.2. The summed E-state index contributed by atoms with van der Waals surface area (Å²) in [6.07, 6.45) is 5.06. The maximum Gasteiger partial charge on any atom is 0.240 e. The Balaban J connectivity index is 1.73. The van der Waals surface area contributed by atoms with E-state index in [9.17, 15) is 17.2 Å². The van der Waals surface area contributed by atoms with Gasteiger partial charge in [0.1, 0.15) is 13.3 Å². The second kappa shape index (κ2) is 13.4. The van der Waals surface area contributed by atoms with E-state index in [0.717, 1.165) is 38.8 Å². The molecule has 2 rings (SSSR count). The first kappa shape index (κ1) is 26.1. The van der Waals surface area contributed by atoms with Crippen LogP contribution in [-0.4, -0.2) is 63.4 Å². The molecule has 0 unspecified atom stereocenters. The highest BCUT2D eigenvalue weighted by Crippen LogP contribution is 2.24. The Kier molecular flexibility index (Phi) is 11.3. The summed E-state index contributed by atoms with van der Waals surface area (Å²) in [6.45, 7) is 3.80. The minimum atomic E-state index is -3.78. The molecule has 0 saturated heterocycles. The van der Waals surface area contributed by atoms with Gasteiger partial charge in [-0.05, 0) is 74.9 Å².